The van der Waals surface area contributed by atoms with Crippen molar-refractivity contribution in [3.05, 3.63) is 0 Å². The zero-order valence-electron chi connectivity index (χ0n) is 47.1. The van der Waals surface area contributed by atoms with E-state index in [1.165, 1.54) is 295 Å². The maximum Gasteiger partial charge on any atom is 0.305 e. The van der Waals surface area contributed by atoms with Gasteiger partial charge in [-0.15, -0.1) is 0 Å². The summed E-state index contributed by atoms with van der Waals surface area (Å²) in [6.45, 7) is 4.96. The Kier molecular flexibility index (Phi) is 58.4. The van der Waals surface area contributed by atoms with Crippen molar-refractivity contribution in [2.45, 2.75) is 379 Å². The van der Waals surface area contributed by atoms with E-state index < -0.39 is 12.1 Å². The minimum Gasteiger partial charge on any atom is -0.466 e. The highest BCUT2D eigenvalue weighted by Crippen LogP contribution is 2.19. The average molecular weight is 977 g/mol. The van der Waals surface area contributed by atoms with Gasteiger partial charge in [0, 0.05) is 12.8 Å². The number of amides is 1. The van der Waals surface area contributed by atoms with Crippen molar-refractivity contribution in [1.29, 1.82) is 0 Å². The molecule has 0 aromatic rings. The van der Waals surface area contributed by atoms with Crippen molar-refractivity contribution < 1.29 is 24.5 Å². The zero-order valence-corrected chi connectivity index (χ0v) is 47.1. The average Bonchev–Trinajstić information content (AvgIpc) is 3.35. The summed E-state index contributed by atoms with van der Waals surface area (Å²) in [5.41, 5.74) is 0. The lowest BCUT2D eigenvalue weighted by Crippen LogP contribution is -2.45. The molecule has 0 aliphatic heterocycles. The first kappa shape index (κ1) is 67.9. The molecule has 0 heterocycles. The molecular formula is C63H125NO5. The number of carbonyl (C=O) groups is 2. The lowest BCUT2D eigenvalue weighted by Gasteiger charge is -2.22. The molecule has 2 unspecified atom stereocenters. The first-order valence-electron chi connectivity index (χ1n) is 31.8. The van der Waals surface area contributed by atoms with Crippen molar-refractivity contribution in [3.8, 4) is 0 Å². The van der Waals surface area contributed by atoms with Crippen LogP contribution in [0.15, 0.2) is 0 Å². The summed E-state index contributed by atoms with van der Waals surface area (Å²) < 4.78 is 5.49. The van der Waals surface area contributed by atoms with Gasteiger partial charge in [0.25, 0.3) is 0 Å². The Morgan fingerprint density at radius 3 is 0.884 bits per heavy atom. The summed E-state index contributed by atoms with van der Waals surface area (Å²) in [7, 11) is 0. The van der Waals surface area contributed by atoms with Crippen LogP contribution in [0, 0.1) is 0 Å². The predicted octanol–water partition coefficient (Wildman–Crippen LogP) is 19.9. The monoisotopic (exact) mass is 976 g/mol. The van der Waals surface area contributed by atoms with Crippen LogP contribution in [0.5, 0.6) is 0 Å². The SMILES string of the molecule is CCCCCCCCCCCCCCCC(=O)OCCCCCCCCCCCCCCCCCCCCCCCCCCCCCCCCC(=O)NC(CO)C(O)CCCCCCCCCCC. The van der Waals surface area contributed by atoms with Gasteiger partial charge in [-0.2, -0.15) is 0 Å². The second kappa shape index (κ2) is 59.4. The second-order valence-corrected chi connectivity index (χ2v) is 22.1. The number of esters is 1. The highest BCUT2D eigenvalue weighted by atomic mass is 16.5. The van der Waals surface area contributed by atoms with Crippen molar-refractivity contribution in [3.63, 3.8) is 0 Å². The number of hydrogen-bond acceptors (Lipinski definition) is 5. The van der Waals surface area contributed by atoms with E-state index in [0.29, 0.717) is 25.9 Å². The molecular weight excluding hydrogens is 851 g/mol. The first-order valence-corrected chi connectivity index (χ1v) is 31.8. The number of nitrogens with one attached hydrogen (secondary N) is 1. The van der Waals surface area contributed by atoms with Crippen LogP contribution in [-0.4, -0.2) is 47.4 Å². The molecule has 6 heteroatoms. The number of unbranched alkanes of at least 4 members (excludes halogenated alkanes) is 49. The molecule has 0 bridgehead atoms. The van der Waals surface area contributed by atoms with Crippen LogP contribution < -0.4 is 5.32 Å². The molecule has 0 spiro atoms. The third-order valence-electron chi connectivity index (χ3n) is 15.2. The topological polar surface area (TPSA) is 95.9 Å². The number of hydrogen-bond donors (Lipinski definition) is 3. The Balaban J connectivity index is 3.28. The molecule has 0 radical (unpaired) electrons. The van der Waals surface area contributed by atoms with Crippen molar-refractivity contribution in [1.82, 2.24) is 5.32 Å². The van der Waals surface area contributed by atoms with Crippen LogP contribution in [0.1, 0.15) is 367 Å². The van der Waals surface area contributed by atoms with Gasteiger partial charge in [0.2, 0.25) is 5.91 Å². The van der Waals surface area contributed by atoms with E-state index in [-0.39, 0.29) is 18.5 Å². The molecule has 3 N–H and O–H groups in total. The lowest BCUT2D eigenvalue weighted by molar-refractivity contribution is -0.143. The van der Waals surface area contributed by atoms with Crippen LogP contribution in [-0.2, 0) is 14.3 Å². The fraction of sp³-hybridized carbons (Fsp3) is 0.968. The molecule has 0 aliphatic carbocycles. The van der Waals surface area contributed by atoms with Gasteiger partial charge in [0.1, 0.15) is 0 Å². The third kappa shape index (κ3) is 56.0. The molecule has 2 atom stereocenters. The van der Waals surface area contributed by atoms with E-state index >= 15 is 0 Å². The molecule has 69 heavy (non-hydrogen) atoms. The van der Waals surface area contributed by atoms with Crippen molar-refractivity contribution >= 4 is 11.9 Å². The number of carbonyl (C=O) groups excluding carboxylic acids is 2. The normalized spacial score (nSPS) is 12.5. The number of aliphatic hydroxyl groups is 2. The molecule has 0 saturated heterocycles. The maximum atomic E-state index is 12.4. The predicted molar refractivity (Wildman–Crippen MR) is 301 cm³/mol. The molecule has 0 aromatic heterocycles. The molecule has 0 rings (SSSR count). The van der Waals surface area contributed by atoms with Gasteiger partial charge in [0.15, 0.2) is 0 Å². The standard InChI is InChI=1S/C63H125NO5/c1-3-5-7-9-11-13-14-33-37-41-45-49-53-57-63(68)69-58-54-50-46-42-38-35-32-30-28-26-24-22-20-18-16-15-17-19-21-23-25-27-29-31-34-36-40-44-48-52-56-62(67)64-60(59-65)61(66)55-51-47-43-39-12-10-8-6-4-2/h60-61,65-66H,3-59H2,1-2H3,(H,64,67). The quantitative estimate of drug-likeness (QED) is 0.0417. The fourth-order valence-electron chi connectivity index (χ4n) is 10.3. The van der Waals surface area contributed by atoms with Crippen LogP contribution in [0.4, 0.5) is 0 Å². The van der Waals surface area contributed by atoms with Gasteiger partial charge < -0.3 is 20.3 Å². The molecule has 0 aliphatic rings. The number of aliphatic hydroxyl groups excluding tert-OH is 2. The Hall–Kier alpha value is -1.14. The Morgan fingerprint density at radius 1 is 0.348 bits per heavy atom. The summed E-state index contributed by atoms with van der Waals surface area (Å²) in [5, 5.41) is 23.1. The van der Waals surface area contributed by atoms with Crippen LogP contribution in [0.2, 0.25) is 0 Å². The third-order valence-corrected chi connectivity index (χ3v) is 15.2. The summed E-state index contributed by atoms with van der Waals surface area (Å²) in [6.07, 6.45) is 70.0. The van der Waals surface area contributed by atoms with Crippen molar-refractivity contribution in [2.24, 2.45) is 0 Å². The van der Waals surface area contributed by atoms with Crippen LogP contribution >= 0.6 is 0 Å². The minimum absolute atomic E-state index is 0.0223. The second-order valence-electron chi connectivity index (χ2n) is 22.1. The summed E-state index contributed by atoms with van der Waals surface area (Å²) in [6, 6.07) is -0.535. The summed E-state index contributed by atoms with van der Waals surface area (Å²) in [4.78, 5) is 24.4. The van der Waals surface area contributed by atoms with E-state index in [1.54, 1.807) is 0 Å². The highest BCUT2D eigenvalue weighted by molar-refractivity contribution is 5.76. The highest BCUT2D eigenvalue weighted by Gasteiger charge is 2.20. The van der Waals surface area contributed by atoms with Crippen LogP contribution in [0.3, 0.4) is 0 Å². The summed E-state index contributed by atoms with van der Waals surface area (Å²) >= 11 is 0. The molecule has 412 valence electrons. The van der Waals surface area contributed by atoms with Gasteiger partial charge in [-0.3, -0.25) is 9.59 Å². The van der Waals surface area contributed by atoms with Gasteiger partial charge in [-0.05, 0) is 25.7 Å². The Morgan fingerprint density at radius 2 is 0.594 bits per heavy atom. The minimum atomic E-state index is -0.658. The Labute approximate surface area is 432 Å². The fourth-order valence-corrected chi connectivity index (χ4v) is 10.3. The first-order chi connectivity index (χ1) is 34.0. The maximum absolute atomic E-state index is 12.4. The van der Waals surface area contributed by atoms with E-state index in [1.807, 2.05) is 0 Å². The number of ether oxygens (including phenoxy) is 1. The lowest BCUT2D eigenvalue weighted by atomic mass is 10.0. The molecule has 0 saturated carbocycles. The van der Waals surface area contributed by atoms with E-state index in [4.69, 9.17) is 4.74 Å². The van der Waals surface area contributed by atoms with Gasteiger partial charge in [0.05, 0.1) is 25.4 Å². The largest absolute Gasteiger partial charge is 0.466 e. The molecule has 0 fully saturated rings. The number of rotatable bonds is 60. The Bertz CT molecular complexity index is 990. The van der Waals surface area contributed by atoms with Gasteiger partial charge in [-0.1, -0.05) is 328 Å². The van der Waals surface area contributed by atoms with Crippen LogP contribution in [0.25, 0.3) is 0 Å². The van der Waals surface area contributed by atoms with E-state index in [9.17, 15) is 19.8 Å². The smallest absolute Gasteiger partial charge is 0.305 e. The molecule has 0 aromatic carbocycles. The van der Waals surface area contributed by atoms with Gasteiger partial charge >= 0.3 is 5.97 Å². The van der Waals surface area contributed by atoms with Crippen molar-refractivity contribution in [2.75, 3.05) is 13.2 Å². The zero-order chi connectivity index (χ0) is 50.0. The van der Waals surface area contributed by atoms with E-state index in [0.717, 1.165) is 38.5 Å². The summed E-state index contributed by atoms with van der Waals surface area (Å²) in [5.74, 6) is -0.00914. The molecule has 1 amide bonds. The molecule has 6 nitrogen and oxygen atoms in total. The van der Waals surface area contributed by atoms with Gasteiger partial charge in [-0.25, -0.2) is 0 Å². The van der Waals surface area contributed by atoms with E-state index in [2.05, 4.69) is 19.2 Å².